The van der Waals surface area contributed by atoms with Gasteiger partial charge in [0, 0.05) is 17.5 Å². The van der Waals surface area contributed by atoms with Crippen LogP contribution in [0, 0.1) is 0 Å². The molecule has 3 rings (SSSR count). The standard InChI is InChI=1S/C16H14N2O3/c1-20-13-6-4-11(5-7-13)15-10-12(16(19)18-17-15)9-14-3-2-8-21-14/h2-8,10H,9H2,1H3,(H,18,19). The topological polar surface area (TPSA) is 68.1 Å². The van der Waals surface area contributed by atoms with Gasteiger partial charge in [-0.2, -0.15) is 5.10 Å². The normalized spacial score (nSPS) is 10.5. The van der Waals surface area contributed by atoms with Crippen LogP contribution in [-0.4, -0.2) is 17.3 Å². The third-order valence-electron chi connectivity index (χ3n) is 3.21. The number of furan rings is 1. The Morgan fingerprint density at radius 2 is 2.05 bits per heavy atom. The number of methoxy groups -OCH3 is 1. The van der Waals surface area contributed by atoms with Gasteiger partial charge in [-0.1, -0.05) is 0 Å². The minimum absolute atomic E-state index is 0.205. The Labute approximate surface area is 121 Å². The number of nitrogens with one attached hydrogen (secondary N) is 1. The molecule has 0 spiro atoms. The van der Waals surface area contributed by atoms with Crippen molar-refractivity contribution < 1.29 is 9.15 Å². The quantitative estimate of drug-likeness (QED) is 0.798. The van der Waals surface area contributed by atoms with Gasteiger partial charge in [-0.3, -0.25) is 4.79 Å². The maximum atomic E-state index is 11.8. The Bertz CT molecular complexity index is 774. The monoisotopic (exact) mass is 282 g/mol. The molecular formula is C16H14N2O3. The SMILES string of the molecule is COc1ccc(-c2cc(Cc3ccco3)c(=O)[nH]n2)cc1. The maximum Gasteiger partial charge on any atom is 0.267 e. The van der Waals surface area contributed by atoms with Gasteiger partial charge in [-0.25, -0.2) is 5.10 Å². The van der Waals surface area contributed by atoms with E-state index in [1.807, 2.05) is 30.3 Å². The fraction of sp³-hybridized carbons (Fsp3) is 0.125. The lowest BCUT2D eigenvalue weighted by atomic mass is 10.1. The lowest BCUT2D eigenvalue weighted by Gasteiger charge is -2.04. The van der Waals surface area contributed by atoms with Crippen molar-refractivity contribution in [3.05, 3.63) is 70.4 Å². The van der Waals surface area contributed by atoms with E-state index in [4.69, 9.17) is 9.15 Å². The Balaban J connectivity index is 1.94. The number of ether oxygens (including phenoxy) is 1. The van der Waals surface area contributed by atoms with Crippen molar-refractivity contribution in [2.45, 2.75) is 6.42 Å². The summed E-state index contributed by atoms with van der Waals surface area (Å²) in [4.78, 5) is 11.8. The first-order chi connectivity index (χ1) is 10.3. The van der Waals surface area contributed by atoms with E-state index in [1.165, 1.54) is 0 Å². The largest absolute Gasteiger partial charge is 0.497 e. The van der Waals surface area contributed by atoms with E-state index in [0.717, 1.165) is 17.1 Å². The molecule has 1 aromatic carbocycles. The molecule has 2 heterocycles. The maximum absolute atomic E-state index is 11.8. The van der Waals surface area contributed by atoms with Crippen LogP contribution in [0.4, 0.5) is 0 Å². The van der Waals surface area contributed by atoms with Gasteiger partial charge in [-0.15, -0.1) is 0 Å². The highest BCUT2D eigenvalue weighted by molar-refractivity contribution is 5.60. The number of hydrogen-bond donors (Lipinski definition) is 1. The molecule has 106 valence electrons. The fourth-order valence-corrected chi connectivity index (χ4v) is 2.09. The highest BCUT2D eigenvalue weighted by Gasteiger charge is 2.08. The summed E-state index contributed by atoms with van der Waals surface area (Å²) in [7, 11) is 1.62. The van der Waals surface area contributed by atoms with E-state index in [2.05, 4.69) is 10.2 Å². The molecule has 0 radical (unpaired) electrons. The lowest BCUT2D eigenvalue weighted by Crippen LogP contribution is -2.14. The van der Waals surface area contributed by atoms with Gasteiger partial charge in [-0.05, 0) is 42.5 Å². The van der Waals surface area contributed by atoms with Crippen molar-refractivity contribution in [3.63, 3.8) is 0 Å². The van der Waals surface area contributed by atoms with E-state index < -0.39 is 0 Å². The number of aromatic amines is 1. The van der Waals surface area contributed by atoms with Gasteiger partial charge in [0.05, 0.1) is 19.1 Å². The van der Waals surface area contributed by atoms with Crippen molar-refractivity contribution in [3.8, 4) is 17.0 Å². The predicted molar refractivity (Wildman–Crippen MR) is 78.4 cm³/mol. The molecule has 3 aromatic rings. The fourth-order valence-electron chi connectivity index (χ4n) is 2.09. The predicted octanol–water partition coefficient (Wildman–Crippen LogP) is 2.63. The summed E-state index contributed by atoms with van der Waals surface area (Å²) in [5.41, 5.74) is 2.03. The summed E-state index contributed by atoms with van der Waals surface area (Å²) in [6.07, 6.45) is 2.03. The molecule has 0 amide bonds. The molecule has 0 atom stereocenters. The van der Waals surface area contributed by atoms with Crippen LogP contribution in [0.5, 0.6) is 5.75 Å². The molecule has 0 unspecified atom stereocenters. The van der Waals surface area contributed by atoms with Crippen LogP contribution in [0.25, 0.3) is 11.3 Å². The third kappa shape index (κ3) is 2.86. The van der Waals surface area contributed by atoms with E-state index in [-0.39, 0.29) is 5.56 Å². The van der Waals surface area contributed by atoms with E-state index in [1.54, 1.807) is 25.5 Å². The molecule has 2 aromatic heterocycles. The first kappa shape index (κ1) is 13.2. The number of H-pyrrole nitrogens is 1. The summed E-state index contributed by atoms with van der Waals surface area (Å²) >= 11 is 0. The van der Waals surface area contributed by atoms with E-state index in [0.29, 0.717) is 17.7 Å². The van der Waals surface area contributed by atoms with E-state index in [9.17, 15) is 4.79 Å². The summed E-state index contributed by atoms with van der Waals surface area (Å²) in [6, 6.07) is 12.9. The average Bonchev–Trinajstić information content (AvgIpc) is 3.03. The number of benzene rings is 1. The number of aromatic nitrogens is 2. The zero-order chi connectivity index (χ0) is 14.7. The van der Waals surface area contributed by atoms with Crippen LogP contribution in [0.3, 0.4) is 0 Å². The van der Waals surface area contributed by atoms with Crippen LogP contribution in [-0.2, 0) is 6.42 Å². The molecule has 0 saturated carbocycles. The molecule has 0 aliphatic rings. The second-order valence-electron chi connectivity index (χ2n) is 4.59. The smallest absolute Gasteiger partial charge is 0.267 e. The first-order valence-corrected chi connectivity index (χ1v) is 6.51. The van der Waals surface area contributed by atoms with Gasteiger partial charge in [0.2, 0.25) is 0 Å². The molecule has 0 aliphatic heterocycles. The van der Waals surface area contributed by atoms with Gasteiger partial charge >= 0.3 is 0 Å². The zero-order valence-electron chi connectivity index (χ0n) is 11.5. The van der Waals surface area contributed by atoms with Crippen LogP contribution < -0.4 is 10.3 Å². The van der Waals surface area contributed by atoms with Crippen molar-refractivity contribution in [2.75, 3.05) is 7.11 Å². The highest BCUT2D eigenvalue weighted by atomic mass is 16.5. The van der Waals surface area contributed by atoms with Crippen LogP contribution >= 0.6 is 0 Å². The summed E-state index contributed by atoms with van der Waals surface area (Å²) in [5.74, 6) is 1.52. The second kappa shape index (κ2) is 5.66. The highest BCUT2D eigenvalue weighted by Crippen LogP contribution is 2.20. The molecule has 0 bridgehead atoms. The van der Waals surface area contributed by atoms with Gasteiger partial charge in [0.25, 0.3) is 5.56 Å². The van der Waals surface area contributed by atoms with Crippen molar-refractivity contribution in [2.24, 2.45) is 0 Å². The average molecular weight is 282 g/mol. The minimum Gasteiger partial charge on any atom is -0.497 e. The first-order valence-electron chi connectivity index (χ1n) is 6.51. The molecule has 5 heteroatoms. The number of hydrogen-bond acceptors (Lipinski definition) is 4. The molecule has 0 aliphatic carbocycles. The van der Waals surface area contributed by atoms with Crippen LogP contribution in [0.1, 0.15) is 11.3 Å². The summed E-state index contributed by atoms with van der Waals surface area (Å²) in [5, 5.41) is 6.61. The molecule has 21 heavy (non-hydrogen) atoms. The molecule has 5 nitrogen and oxygen atoms in total. The van der Waals surface area contributed by atoms with Gasteiger partial charge in [0.1, 0.15) is 11.5 Å². The molecule has 0 saturated heterocycles. The number of rotatable bonds is 4. The Morgan fingerprint density at radius 3 is 2.71 bits per heavy atom. The zero-order valence-corrected chi connectivity index (χ0v) is 11.5. The second-order valence-corrected chi connectivity index (χ2v) is 4.59. The van der Waals surface area contributed by atoms with Gasteiger partial charge < -0.3 is 9.15 Å². The van der Waals surface area contributed by atoms with Gasteiger partial charge in [0.15, 0.2) is 0 Å². The van der Waals surface area contributed by atoms with Crippen molar-refractivity contribution >= 4 is 0 Å². The number of nitrogens with zero attached hydrogens (tertiary/aromatic N) is 1. The molecular weight excluding hydrogens is 268 g/mol. The Morgan fingerprint density at radius 1 is 1.24 bits per heavy atom. The van der Waals surface area contributed by atoms with Crippen LogP contribution in [0.15, 0.2) is 57.9 Å². The van der Waals surface area contributed by atoms with E-state index >= 15 is 0 Å². The lowest BCUT2D eigenvalue weighted by molar-refractivity contribution is 0.415. The molecule has 1 N–H and O–H groups in total. The Kier molecular flexibility index (Phi) is 3.55. The molecule has 0 fully saturated rings. The van der Waals surface area contributed by atoms with Crippen molar-refractivity contribution in [1.29, 1.82) is 0 Å². The summed E-state index contributed by atoms with van der Waals surface area (Å²) in [6.45, 7) is 0. The third-order valence-corrected chi connectivity index (χ3v) is 3.21. The van der Waals surface area contributed by atoms with Crippen molar-refractivity contribution in [1.82, 2.24) is 10.2 Å². The van der Waals surface area contributed by atoms with Crippen LogP contribution in [0.2, 0.25) is 0 Å². The Hall–Kier alpha value is -2.82. The minimum atomic E-state index is -0.205. The summed E-state index contributed by atoms with van der Waals surface area (Å²) < 4.78 is 10.4.